The van der Waals surface area contributed by atoms with Gasteiger partial charge in [0, 0.05) is 31.1 Å². The number of amides is 2. The van der Waals surface area contributed by atoms with Crippen LogP contribution in [0.4, 0.5) is 5.69 Å². The molecule has 0 saturated carbocycles. The highest BCUT2D eigenvalue weighted by Gasteiger charge is 2.29. The van der Waals surface area contributed by atoms with Crippen LogP contribution in [0.1, 0.15) is 44.2 Å². The molecule has 0 unspecified atom stereocenters. The van der Waals surface area contributed by atoms with Crippen LogP contribution in [-0.4, -0.2) is 50.5 Å². The molecule has 0 aliphatic heterocycles. The molecular formula is C25H34ClN3O4S. The number of carbonyl (C=O) groups is 2. The average Bonchev–Trinajstić information content (AvgIpc) is 2.78. The standard InChI is InChI=1S/C25H34ClN3O4S/c1-5-22(25(31)27-6-2)28(18-20-13-8-9-14-21(20)26)24(30)16-11-17-29(34(4,32)33)23-15-10-7-12-19(23)3/h7-10,12-15,22H,5-6,11,16-18H2,1-4H3,(H,27,31)/t22-/m1/s1. The van der Waals surface area contributed by atoms with Gasteiger partial charge < -0.3 is 10.2 Å². The van der Waals surface area contributed by atoms with E-state index in [-0.39, 0.29) is 31.3 Å². The molecule has 0 heterocycles. The van der Waals surface area contributed by atoms with E-state index >= 15 is 0 Å². The Bertz CT molecular complexity index is 1090. The Hall–Kier alpha value is -2.58. The number of halogens is 1. The number of para-hydroxylation sites is 1. The summed E-state index contributed by atoms with van der Waals surface area (Å²) in [6.45, 7) is 6.35. The lowest BCUT2D eigenvalue weighted by atomic mass is 10.1. The summed E-state index contributed by atoms with van der Waals surface area (Å²) < 4.78 is 26.2. The second-order valence-electron chi connectivity index (χ2n) is 8.16. The summed E-state index contributed by atoms with van der Waals surface area (Å²) in [7, 11) is -3.53. The second kappa shape index (κ2) is 12.8. The lowest BCUT2D eigenvalue weighted by Gasteiger charge is -2.31. The minimum absolute atomic E-state index is 0.0955. The van der Waals surface area contributed by atoms with Gasteiger partial charge in [-0.05, 0) is 49.9 Å². The van der Waals surface area contributed by atoms with Gasteiger partial charge in [0.25, 0.3) is 0 Å². The number of anilines is 1. The van der Waals surface area contributed by atoms with Crippen molar-refractivity contribution in [3.8, 4) is 0 Å². The van der Waals surface area contributed by atoms with Crippen molar-refractivity contribution in [3.63, 3.8) is 0 Å². The quantitative estimate of drug-likeness (QED) is 0.467. The van der Waals surface area contributed by atoms with Gasteiger partial charge in [-0.3, -0.25) is 13.9 Å². The minimum Gasteiger partial charge on any atom is -0.355 e. The second-order valence-corrected chi connectivity index (χ2v) is 10.5. The lowest BCUT2D eigenvalue weighted by molar-refractivity contribution is -0.141. The highest BCUT2D eigenvalue weighted by molar-refractivity contribution is 7.92. The Morgan fingerprint density at radius 2 is 1.71 bits per heavy atom. The van der Waals surface area contributed by atoms with Gasteiger partial charge in [0.1, 0.15) is 6.04 Å². The maximum atomic E-state index is 13.3. The van der Waals surface area contributed by atoms with Gasteiger partial charge in [-0.2, -0.15) is 0 Å². The van der Waals surface area contributed by atoms with E-state index in [1.165, 1.54) is 4.31 Å². The van der Waals surface area contributed by atoms with Crippen LogP contribution in [0.2, 0.25) is 5.02 Å². The summed E-state index contributed by atoms with van der Waals surface area (Å²) in [5, 5.41) is 3.32. The molecule has 186 valence electrons. The zero-order valence-corrected chi connectivity index (χ0v) is 21.8. The molecule has 0 bridgehead atoms. The molecule has 0 saturated heterocycles. The maximum Gasteiger partial charge on any atom is 0.242 e. The predicted octanol–water partition coefficient (Wildman–Crippen LogP) is 4.14. The van der Waals surface area contributed by atoms with Gasteiger partial charge in [-0.1, -0.05) is 54.9 Å². The molecule has 7 nitrogen and oxygen atoms in total. The zero-order valence-electron chi connectivity index (χ0n) is 20.3. The largest absolute Gasteiger partial charge is 0.355 e. The van der Waals surface area contributed by atoms with Crippen LogP contribution in [0.3, 0.4) is 0 Å². The van der Waals surface area contributed by atoms with Gasteiger partial charge in [0.15, 0.2) is 0 Å². The van der Waals surface area contributed by atoms with Crippen molar-refractivity contribution in [1.82, 2.24) is 10.2 Å². The minimum atomic E-state index is -3.53. The summed E-state index contributed by atoms with van der Waals surface area (Å²) in [4.78, 5) is 27.6. The highest BCUT2D eigenvalue weighted by Crippen LogP contribution is 2.24. The zero-order chi connectivity index (χ0) is 25.3. The first-order chi connectivity index (χ1) is 16.1. The number of likely N-dealkylation sites (N-methyl/N-ethyl adjacent to an activating group) is 1. The van der Waals surface area contributed by atoms with E-state index in [1.807, 2.05) is 51.1 Å². The van der Waals surface area contributed by atoms with Crippen molar-refractivity contribution >= 4 is 39.1 Å². The molecule has 0 fully saturated rings. The van der Waals surface area contributed by atoms with Crippen molar-refractivity contribution in [2.45, 2.75) is 52.6 Å². The van der Waals surface area contributed by atoms with Crippen LogP contribution in [0, 0.1) is 6.92 Å². The Morgan fingerprint density at radius 1 is 1.06 bits per heavy atom. The topological polar surface area (TPSA) is 86.8 Å². The summed E-state index contributed by atoms with van der Waals surface area (Å²) >= 11 is 6.33. The fourth-order valence-electron chi connectivity index (χ4n) is 3.85. The molecule has 2 rings (SSSR count). The number of benzene rings is 2. The molecular weight excluding hydrogens is 474 g/mol. The van der Waals surface area contributed by atoms with Gasteiger partial charge in [0.05, 0.1) is 11.9 Å². The number of nitrogens with one attached hydrogen (secondary N) is 1. The number of nitrogens with zero attached hydrogens (tertiary/aromatic N) is 2. The van der Waals surface area contributed by atoms with E-state index in [2.05, 4.69) is 5.32 Å². The first kappa shape index (κ1) is 27.7. The van der Waals surface area contributed by atoms with Crippen LogP contribution in [0.25, 0.3) is 0 Å². The average molecular weight is 508 g/mol. The summed E-state index contributed by atoms with van der Waals surface area (Å²) in [5.41, 5.74) is 2.18. The van der Waals surface area contributed by atoms with Gasteiger partial charge in [-0.15, -0.1) is 0 Å². The summed E-state index contributed by atoms with van der Waals surface area (Å²) in [5.74, 6) is -0.445. The molecule has 34 heavy (non-hydrogen) atoms. The van der Waals surface area contributed by atoms with E-state index in [0.717, 1.165) is 17.4 Å². The van der Waals surface area contributed by atoms with Gasteiger partial charge >= 0.3 is 0 Å². The van der Waals surface area contributed by atoms with Crippen LogP contribution < -0.4 is 9.62 Å². The molecule has 2 aromatic carbocycles. The molecule has 0 aliphatic carbocycles. The van der Waals surface area contributed by atoms with Crippen molar-refractivity contribution in [1.29, 1.82) is 0 Å². The SMILES string of the molecule is CCNC(=O)[C@@H](CC)N(Cc1ccccc1Cl)C(=O)CCCN(c1ccccc1C)S(C)(=O)=O. The number of sulfonamides is 1. The van der Waals surface area contributed by atoms with Crippen molar-refractivity contribution < 1.29 is 18.0 Å². The van der Waals surface area contributed by atoms with Gasteiger partial charge in [0.2, 0.25) is 21.8 Å². The van der Waals surface area contributed by atoms with Crippen molar-refractivity contribution in [2.75, 3.05) is 23.7 Å². The highest BCUT2D eigenvalue weighted by atomic mass is 35.5. The fraction of sp³-hybridized carbons (Fsp3) is 0.440. The molecule has 1 N–H and O–H groups in total. The van der Waals surface area contributed by atoms with Crippen LogP contribution in [0.15, 0.2) is 48.5 Å². The van der Waals surface area contributed by atoms with Gasteiger partial charge in [-0.25, -0.2) is 8.42 Å². The smallest absolute Gasteiger partial charge is 0.242 e. The Kier molecular flexibility index (Phi) is 10.4. The van der Waals surface area contributed by atoms with Crippen LogP contribution in [0.5, 0.6) is 0 Å². The molecule has 0 spiro atoms. The monoisotopic (exact) mass is 507 g/mol. The van der Waals surface area contributed by atoms with Crippen molar-refractivity contribution in [3.05, 3.63) is 64.7 Å². The molecule has 1 atom stereocenters. The molecule has 2 aromatic rings. The van der Waals surface area contributed by atoms with E-state index in [0.29, 0.717) is 30.1 Å². The number of rotatable bonds is 12. The Labute approximate surface area is 208 Å². The Morgan fingerprint density at radius 3 is 2.29 bits per heavy atom. The summed E-state index contributed by atoms with van der Waals surface area (Å²) in [6.07, 6.45) is 2.01. The third-order valence-electron chi connectivity index (χ3n) is 5.57. The molecule has 0 radical (unpaired) electrons. The van der Waals surface area contributed by atoms with E-state index in [1.54, 1.807) is 23.1 Å². The molecule has 2 amide bonds. The number of hydrogen-bond donors (Lipinski definition) is 1. The maximum absolute atomic E-state index is 13.3. The molecule has 0 aliphatic rings. The van der Waals surface area contributed by atoms with Crippen LogP contribution in [-0.2, 0) is 26.2 Å². The molecule has 9 heteroatoms. The van der Waals surface area contributed by atoms with E-state index in [9.17, 15) is 18.0 Å². The van der Waals surface area contributed by atoms with E-state index < -0.39 is 16.1 Å². The first-order valence-electron chi connectivity index (χ1n) is 11.4. The first-order valence-corrected chi connectivity index (χ1v) is 13.7. The fourth-order valence-corrected chi connectivity index (χ4v) is 5.07. The Balaban J connectivity index is 2.22. The van der Waals surface area contributed by atoms with Crippen molar-refractivity contribution in [2.24, 2.45) is 0 Å². The predicted molar refractivity (Wildman–Crippen MR) is 137 cm³/mol. The summed E-state index contributed by atoms with van der Waals surface area (Å²) in [6, 6.07) is 13.8. The number of hydrogen-bond acceptors (Lipinski definition) is 4. The van der Waals surface area contributed by atoms with E-state index in [4.69, 9.17) is 11.6 Å². The molecule has 0 aromatic heterocycles. The number of aryl methyl sites for hydroxylation is 1. The normalized spacial score (nSPS) is 12.1. The lowest BCUT2D eigenvalue weighted by Crippen LogP contribution is -2.49. The third kappa shape index (κ3) is 7.46. The van der Waals surface area contributed by atoms with Crippen LogP contribution >= 0.6 is 11.6 Å². The number of carbonyl (C=O) groups excluding carboxylic acids is 2. The third-order valence-corrected chi connectivity index (χ3v) is 7.12.